The Morgan fingerprint density at radius 1 is 0.909 bits per heavy atom. The van der Waals surface area contributed by atoms with Crippen LogP contribution in [-0.4, -0.2) is 17.5 Å². The number of amides is 2. The van der Waals surface area contributed by atoms with Gasteiger partial charge in [-0.1, -0.05) is 60.1 Å². The zero-order valence-electron chi connectivity index (χ0n) is 17.9. The first-order valence-electron chi connectivity index (χ1n) is 10.5. The van der Waals surface area contributed by atoms with E-state index in [1.165, 1.54) is 0 Å². The van der Waals surface area contributed by atoms with E-state index in [0.29, 0.717) is 22.8 Å². The van der Waals surface area contributed by atoms with Crippen LogP contribution in [0.4, 0.5) is 5.69 Å². The Morgan fingerprint density at radius 2 is 1.58 bits per heavy atom. The molecule has 162 valence electrons. The molecule has 4 aromatic rings. The van der Waals surface area contributed by atoms with Crippen molar-refractivity contribution in [1.82, 2.24) is 5.43 Å². The summed E-state index contributed by atoms with van der Waals surface area (Å²) >= 11 is 5.91. The number of rotatable bonds is 5. The maximum Gasteiger partial charge on any atom is 0.271 e. The summed E-state index contributed by atoms with van der Waals surface area (Å²) in [5.41, 5.74) is 7.22. The molecule has 33 heavy (non-hydrogen) atoms. The topological polar surface area (TPSA) is 61.8 Å². The van der Waals surface area contributed by atoms with Crippen LogP contribution in [0.25, 0.3) is 10.8 Å². The fourth-order valence-electron chi connectivity index (χ4n) is 4.04. The number of hydrogen-bond acceptors (Lipinski definition) is 3. The van der Waals surface area contributed by atoms with E-state index in [4.69, 9.17) is 11.6 Å². The molecule has 1 heterocycles. The van der Waals surface area contributed by atoms with Gasteiger partial charge in [0.15, 0.2) is 0 Å². The molecule has 2 amide bonds. The van der Waals surface area contributed by atoms with Crippen molar-refractivity contribution in [2.24, 2.45) is 5.10 Å². The summed E-state index contributed by atoms with van der Waals surface area (Å²) in [4.78, 5) is 27.3. The SMILES string of the molecule is C/C(=N/NC(=O)c1ccc(CN2C(=O)c3cccc4cccc2c34)cc1)c1ccc(Cl)cc1. The minimum Gasteiger partial charge on any atom is -0.303 e. The molecule has 4 aromatic carbocycles. The number of hydrogen-bond donors (Lipinski definition) is 1. The number of nitrogens with zero attached hydrogens (tertiary/aromatic N) is 2. The number of benzene rings is 4. The minimum absolute atomic E-state index is 0.00404. The molecule has 0 aliphatic carbocycles. The van der Waals surface area contributed by atoms with Gasteiger partial charge in [0.25, 0.3) is 11.8 Å². The molecular formula is C27H20ClN3O2. The van der Waals surface area contributed by atoms with Gasteiger partial charge in [-0.25, -0.2) is 5.43 Å². The number of carbonyl (C=O) groups excluding carboxylic acids is 2. The van der Waals surface area contributed by atoms with Crippen LogP contribution in [0.1, 0.15) is 38.8 Å². The van der Waals surface area contributed by atoms with Crippen LogP contribution in [-0.2, 0) is 6.54 Å². The molecule has 0 saturated carbocycles. The predicted molar refractivity (Wildman–Crippen MR) is 132 cm³/mol. The lowest BCUT2D eigenvalue weighted by Gasteiger charge is -2.18. The summed E-state index contributed by atoms with van der Waals surface area (Å²) < 4.78 is 0. The van der Waals surface area contributed by atoms with Crippen LogP contribution in [0.3, 0.4) is 0 Å². The molecule has 0 spiro atoms. The van der Waals surface area contributed by atoms with E-state index < -0.39 is 0 Å². The normalized spacial score (nSPS) is 13.0. The molecule has 0 fully saturated rings. The van der Waals surface area contributed by atoms with Gasteiger partial charge in [0.05, 0.1) is 17.9 Å². The van der Waals surface area contributed by atoms with Crippen molar-refractivity contribution in [2.45, 2.75) is 13.5 Å². The van der Waals surface area contributed by atoms with E-state index in [2.05, 4.69) is 10.5 Å². The first-order chi connectivity index (χ1) is 16.0. The van der Waals surface area contributed by atoms with Gasteiger partial charge in [-0.05, 0) is 59.8 Å². The summed E-state index contributed by atoms with van der Waals surface area (Å²) in [7, 11) is 0. The predicted octanol–water partition coefficient (Wildman–Crippen LogP) is 5.81. The number of nitrogens with one attached hydrogen (secondary N) is 1. The van der Waals surface area contributed by atoms with E-state index in [1.807, 2.05) is 67.6 Å². The third-order valence-electron chi connectivity index (χ3n) is 5.79. The summed E-state index contributed by atoms with van der Waals surface area (Å²) in [6, 6.07) is 26.2. The van der Waals surface area contributed by atoms with Crippen LogP contribution in [0.5, 0.6) is 0 Å². The molecule has 0 atom stereocenters. The van der Waals surface area contributed by atoms with Crippen LogP contribution >= 0.6 is 11.6 Å². The Balaban J connectivity index is 1.29. The molecule has 6 heteroatoms. The van der Waals surface area contributed by atoms with Crippen molar-refractivity contribution in [2.75, 3.05) is 4.90 Å². The summed E-state index contributed by atoms with van der Waals surface area (Å²) in [5, 5.41) is 6.88. The van der Waals surface area contributed by atoms with Gasteiger partial charge < -0.3 is 4.90 Å². The molecule has 5 rings (SSSR count). The van der Waals surface area contributed by atoms with E-state index in [1.54, 1.807) is 29.2 Å². The summed E-state index contributed by atoms with van der Waals surface area (Å²) in [6.45, 7) is 2.25. The smallest absolute Gasteiger partial charge is 0.271 e. The zero-order valence-corrected chi connectivity index (χ0v) is 18.6. The third kappa shape index (κ3) is 3.99. The lowest BCUT2D eigenvalue weighted by molar-refractivity contribution is 0.0953. The van der Waals surface area contributed by atoms with Crippen LogP contribution in [0.2, 0.25) is 5.02 Å². The van der Waals surface area contributed by atoms with Crippen LogP contribution in [0.15, 0.2) is 90.0 Å². The Kier molecular flexibility index (Phi) is 5.40. The van der Waals surface area contributed by atoms with E-state index in [0.717, 1.165) is 33.2 Å². The van der Waals surface area contributed by atoms with Crippen LogP contribution < -0.4 is 10.3 Å². The Hall–Kier alpha value is -3.96. The second-order valence-corrected chi connectivity index (χ2v) is 8.35. The monoisotopic (exact) mass is 453 g/mol. The minimum atomic E-state index is -0.302. The van der Waals surface area contributed by atoms with Crippen molar-refractivity contribution in [3.8, 4) is 0 Å². The molecule has 1 aliphatic rings. The fourth-order valence-corrected chi connectivity index (χ4v) is 4.16. The Bertz CT molecular complexity index is 1400. The van der Waals surface area contributed by atoms with Gasteiger partial charge in [-0.15, -0.1) is 0 Å². The number of anilines is 1. The maximum atomic E-state index is 13.0. The Labute approximate surface area is 196 Å². The van der Waals surface area contributed by atoms with Gasteiger partial charge in [0, 0.05) is 21.5 Å². The second kappa shape index (κ2) is 8.52. The van der Waals surface area contributed by atoms with Gasteiger partial charge in [-0.3, -0.25) is 9.59 Å². The number of carbonyl (C=O) groups is 2. The number of hydrazone groups is 1. The van der Waals surface area contributed by atoms with Gasteiger partial charge in [0.2, 0.25) is 0 Å². The largest absolute Gasteiger partial charge is 0.303 e. The van der Waals surface area contributed by atoms with Crippen molar-refractivity contribution in [1.29, 1.82) is 0 Å². The average Bonchev–Trinajstić information content (AvgIpc) is 3.11. The van der Waals surface area contributed by atoms with Crippen molar-refractivity contribution in [3.05, 3.63) is 112 Å². The quantitative estimate of drug-likeness (QED) is 0.306. The highest BCUT2D eigenvalue weighted by atomic mass is 35.5. The molecule has 0 bridgehead atoms. The van der Waals surface area contributed by atoms with Gasteiger partial charge in [0.1, 0.15) is 0 Å². The van der Waals surface area contributed by atoms with Gasteiger partial charge >= 0.3 is 0 Å². The van der Waals surface area contributed by atoms with Gasteiger partial charge in [-0.2, -0.15) is 5.10 Å². The molecule has 0 radical (unpaired) electrons. The molecule has 5 nitrogen and oxygen atoms in total. The highest BCUT2D eigenvalue weighted by Gasteiger charge is 2.29. The van der Waals surface area contributed by atoms with Crippen LogP contribution in [0, 0.1) is 0 Å². The van der Waals surface area contributed by atoms with Crippen molar-refractivity contribution < 1.29 is 9.59 Å². The third-order valence-corrected chi connectivity index (χ3v) is 6.04. The first-order valence-corrected chi connectivity index (χ1v) is 10.9. The Morgan fingerprint density at radius 3 is 2.30 bits per heavy atom. The van der Waals surface area contributed by atoms with E-state index in [9.17, 15) is 9.59 Å². The highest BCUT2D eigenvalue weighted by molar-refractivity contribution is 6.30. The lowest BCUT2D eigenvalue weighted by atomic mass is 10.1. The fraction of sp³-hybridized carbons (Fsp3) is 0.0741. The summed E-state index contributed by atoms with van der Waals surface area (Å²) in [5.74, 6) is -0.306. The molecule has 0 saturated heterocycles. The zero-order chi connectivity index (χ0) is 22.9. The van der Waals surface area contributed by atoms with Crippen molar-refractivity contribution >= 4 is 45.6 Å². The maximum absolute atomic E-state index is 13.0. The molecule has 1 aliphatic heterocycles. The van der Waals surface area contributed by atoms with E-state index in [-0.39, 0.29) is 11.8 Å². The molecular weight excluding hydrogens is 434 g/mol. The molecule has 0 aromatic heterocycles. The van der Waals surface area contributed by atoms with Crippen molar-refractivity contribution in [3.63, 3.8) is 0 Å². The first kappa shape index (κ1) is 20.9. The van der Waals surface area contributed by atoms with E-state index >= 15 is 0 Å². The molecule has 1 N–H and O–H groups in total. The summed E-state index contributed by atoms with van der Waals surface area (Å²) in [6.07, 6.45) is 0. The lowest BCUT2D eigenvalue weighted by Crippen LogP contribution is -2.26. The second-order valence-electron chi connectivity index (χ2n) is 7.91. The standard InChI is InChI=1S/C27H20ClN3O2/c1-17(19-12-14-22(28)15-13-19)29-30-26(32)21-10-8-18(9-11-21)16-31-24-7-3-5-20-4-2-6-23(25(20)24)27(31)33/h2-15H,16H2,1H3,(H,30,32)/b29-17-. The average molecular weight is 454 g/mol. The molecule has 0 unspecified atom stereocenters. The number of halogens is 1. The highest BCUT2D eigenvalue weighted by Crippen LogP contribution is 2.37.